The first-order chi connectivity index (χ1) is 8.11. The Balaban J connectivity index is 2.39. The highest BCUT2D eigenvalue weighted by atomic mass is 16.1. The Hall–Kier alpha value is -2.16. The number of H-pyrrole nitrogens is 1. The van der Waals surface area contributed by atoms with Crippen LogP contribution in [0.15, 0.2) is 30.5 Å². The van der Waals surface area contributed by atoms with Crippen LogP contribution in [0.4, 0.5) is 0 Å². The zero-order valence-corrected chi connectivity index (χ0v) is 9.78. The Morgan fingerprint density at radius 3 is 2.59 bits per heavy atom. The number of carbonyl (C=O) groups excluding carboxylic acids is 2. The van der Waals surface area contributed by atoms with Crippen LogP contribution in [-0.2, 0) is 0 Å². The molecule has 1 heterocycles. The molecule has 0 saturated carbocycles. The zero-order valence-electron chi connectivity index (χ0n) is 9.78. The van der Waals surface area contributed by atoms with Gasteiger partial charge in [0.15, 0.2) is 12.1 Å². The van der Waals surface area contributed by atoms with Gasteiger partial charge in [-0.1, -0.05) is 23.8 Å². The van der Waals surface area contributed by atoms with E-state index in [0.29, 0.717) is 23.1 Å². The molecule has 0 fully saturated rings. The van der Waals surface area contributed by atoms with Crippen molar-refractivity contribution in [1.82, 2.24) is 4.98 Å². The standard InChI is InChI=1S/C14H13NO2/c1-9-3-4-13(10(2)5-9)14(17)11-6-12(8-16)15-7-11/h3-8,15H,1-2H3. The van der Waals surface area contributed by atoms with E-state index in [-0.39, 0.29) is 5.78 Å². The summed E-state index contributed by atoms with van der Waals surface area (Å²) in [5.41, 5.74) is 3.68. The van der Waals surface area contributed by atoms with E-state index in [1.807, 2.05) is 32.0 Å². The first kappa shape index (κ1) is 11.3. The molecule has 2 rings (SSSR count). The number of aryl methyl sites for hydroxylation is 2. The second kappa shape index (κ2) is 4.37. The lowest BCUT2D eigenvalue weighted by Crippen LogP contribution is -2.02. The van der Waals surface area contributed by atoms with Crippen LogP contribution in [0, 0.1) is 13.8 Å². The number of aromatic nitrogens is 1. The predicted octanol–water partition coefficient (Wildman–Crippen LogP) is 2.68. The molecule has 0 bridgehead atoms. The molecule has 3 nitrogen and oxygen atoms in total. The van der Waals surface area contributed by atoms with E-state index < -0.39 is 0 Å². The minimum atomic E-state index is -0.0631. The van der Waals surface area contributed by atoms with Gasteiger partial charge in [-0.2, -0.15) is 0 Å². The van der Waals surface area contributed by atoms with Crippen molar-refractivity contribution in [2.75, 3.05) is 0 Å². The highest BCUT2D eigenvalue weighted by Crippen LogP contribution is 2.16. The third-order valence-corrected chi connectivity index (χ3v) is 2.72. The van der Waals surface area contributed by atoms with Crippen LogP contribution in [0.5, 0.6) is 0 Å². The quantitative estimate of drug-likeness (QED) is 0.647. The Bertz CT molecular complexity index is 582. The first-order valence-electron chi connectivity index (χ1n) is 5.37. The Labute approximate surface area is 99.5 Å². The van der Waals surface area contributed by atoms with Crippen LogP contribution in [0.2, 0.25) is 0 Å². The van der Waals surface area contributed by atoms with E-state index >= 15 is 0 Å². The number of hydrogen-bond acceptors (Lipinski definition) is 2. The van der Waals surface area contributed by atoms with Gasteiger partial charge in [0.25, 0.3) is 0 Å². The topological polar surface area (TPSA) is 49.9 Å². The van der Waals surface area contributed by atoms with Gasteiger partial charge >= 0.3 is 0 Å². The van der Waals surface area contributed by atoms with Crippen LogP contribution in [0.1, 0.15) is 37.5 Å². The van der Waals surface area contributed by atoms with Crippen LogP contribution in [0.25, 0.3) is 0 Å². The molecule has 3 heteroatoms. The zero-order chi connectivity index (χ0) is 12.4. The maximum absolute atomic E-state index is 12.2. The molecule has 0 aliphatic heterocycles. The number of benzene rings is 1. The minimum Gasteiger partial charge on any atom is -0.358 e. The lowest BCUT2D eigenvalue weighted by Gasteiger charge is -2.04. The number of nitrogens with one attached hydrogen (secondary N) is 1. The van der Waals surface area contributed by atoms with Gasteiger partial charge < -0.3 is 4.98 Å². The highest BCUT2D eigenvalue weighted by Gasteiger charge is 2.13. The summed E-state index contributed by atoms with van der Waals surface area (Å²) in [6.07, 6.45) is 2.25. The fourth-order valence-electron chi connectivity index (χ4n) is 1.83. The molecule has 0 amide bonds. The summed E-state index contributed by atoms with van der Waals surface area (Å²) < 4.78 is 0. The van der Waals surface area contributed by atoms with Gasteiger partial charge in [0.05, 0.1) is 5.69 Å². The van der Waals surface area contributed by atoms with Crippen LogP contribution < -0.4 is 0 Å². The van der Waals surface area contributed by atoms with E-state index in [1.54, 1.807) is 12.3 Å². The molecule has 17 heavy (non-hydrogen) atoms. The molecule has 1 aromatic heterocycles. The Morgan fingerprint density at radius 2 is 2.00 bits per heavy atom. The number of carbonyl (C=O) groups is 2. The van der Waals surface area contributed by atoms with Crippen LogP contribution in [0.3, 0.4) is 0 Å². The Kier molecular flexibility index (Phi) is 2.91. The molecule has 0 aliphatic rings. The second-order valence-electron chi connectivity index (χ2n) is 4.11. The highest BCUT2D eigenvalue weighted by molar-refractivity contribution is 6.10. The summed E-state index contributed by atoms with van der Waals surface area (Å²) in [7, 11) is 0. The average molecular weight is 227 g/mol. The van der Waals surface area contributed by atoms with Gasteiger partial charge in [0, 0.05) is 17.3 Å². The van der Waals surface area contributed by atoms with Crippen molar-refractivity contribution < 1.29 is 9.59 Å². The minimum absolute atomic E-state index is 0.0631. The van der Waals surface area contributed by atoms with Gasteiger partial charge in [-0.15, -0.1) is 0 Å². The van der Waals surface area contributed by atoms with Crippen molar-refractivity contribution in [1.29, 1.82) is 0 Å². The molecular weight excluding hydrogens is 214 g/mol. The molecular formula is C14H13NO2. The van der Waals surface area contributed by atoms with Crippen molar-refractivity contribution in [3.63, 3.8) is 0 Å². The fourth-order valence-corrected chi connectivity index (χ4v) is 1.83. The smallest absolute Gasteiger partial charge is 0.194 e. The lowest BCUT2D eigenvalue weighted by atomic mass is 9.99. The van der Waals surface area contributed by atoms with Crippen molar-refractivity contribution in [2.24, 2.45) is 0 Å². The lowest BCUT2D eigenvalue weighted by molar-refractivity contribution is 0.103. The van der Waals surface area contributed by atoms with E-state index in [0.717, 1.165) is 11.1 Å². The maximum atomic E-state index is 12.2. The molecule has 0 spiro atoms. The first-order valence-corrected chi connectivity index (χ1v) is 5.37. The molecule has 2 aromatic rings. The summed E-state index contributed by atoms with van der Waals surface area (Å²) in [5, 5.41) is 0. The second-order valence-corrected chi connectivity index (χ2v) is 4.11. The van der Waals surface area contributed by atoms with E-state index in [1.165, 1.54) is 0 Å². The SMILES string of the molecule is Cc1ccc(C(=O)c2c[nH]c(C=O)c2)c(C)c1. The Morgan fingerprint density at radius 1 is 1.24 bits per heavy atom. The van der Waals surface area contributed by atoms with Crippen molar-refractivity contribution in [3.05, 3.63) is 58.4 Å². The van der Waals surface area contributed by atoms with Crippen LogP contribution >= 0.6 is 0 Å². The number of aromatic amines is 1. The summed E-state index contributed by atoms with van der Waals surface area (Å²) in [6, 6.07) is 7.27. The van der Waals surface area contributed by atoms with Crippen molar-refractivity contribution in [2.45, 2.75) is 13.8 Å². The molecule has 0 radical (unpaired) electrons. The predicted molar refractivity (Wildman–Crippen MR) is 65.5 cm³/mol. The summed E-state index contributed by atoms with van der Waals surface area (Å²) in [4.78, 5) is 25.5. The molecule has 0 saturated heterocycles. The molecule has 1 aromatic carbocycles. The third-order valence-electron chi connectivity index (χ3n) is 2.72. The summed E-state index contributed by atoms with van der Waals surface area (Å²) >= 11 is 0. The fraction of sp³-hybridized carbons (Fsp3) is 0.143. The maximum Gasteiger partial charge on any atom is 0.194 e. The average Bonchev–Trinajstić information content (AvgIpc) is 2.76. The molecule has 0 atom stereocenters. The van der Waals surface area contributed by atoms with Crippen molar-refractivity contribution in [3.8, 4) is 0 Å². The monoisotopic (exact) mass is 227 g/mol. The number of ketones is 1. The number of aldehydes is 1. The normalized spacial score (nSPS) is 10.2. The van der Waals surface area contributed by atoms with E-state index in [2.05, 4.69) is 4.98 Å². The van der Waals surface area contributed by atoms with Gasteiger partial charge in [-0.05, 0) is 25.5 Å². The molecule has 0 aliphatic carbocycles. The third kappa shape index (κ3) is 2.18. The largest absolute Gasteiger partial charge is 0.358 e. The molecule has 1 N–H and O–H groups in total. The molecule has 86 valence electrons. The van der Waals surface area contributed by atoms with Gasteiger partial charge in [-0.25, -0.2) is 0 Å². The summed E-state index contributed by atoms with van der Waals surface area (Å²) in [6.45, 7) is 3.90. The van der Waals surface area contributed by atoms with E-state index in [4.69, 9.17) is 0 Å². The van der Waals surface area contributed by atoms with E-state index in [9.17, 15) is 9.59 Å². The van der Waals surface area contributed by atoms with Crippen LogP contribution in [-0.4, -0.2) is 17.1 Å². The van der Waals surface area contributed by atoms with Crippen molar-refractivity contribution >= 4 is 12.1 Å². The summed E-state index contributed by atoms with van der Waals surface area (Å²) in [5.74, 6) is -0.0631. The molecule has 0 unspecified atom stereocenters. The van der Waals surface area contributed by atoms with Gasteiger partial charge in [-0.3, -0.25) is 9.59 Å². The number of rotatable bonds is 3. The van der Waals surface area contributed by atoms with Gasteiger partial charge in [0.1, 0.15) is 0 Å². The number of hydrogen-bond donors (Lipinski definition) is 1. The van der Waals surface area contributed by atoms with Gasteiger partial charge in [0.2, 0.25) is 0 Å².